The Hall–Kier alpha value is -2.00. The molecule has 1 amide bonds. The highest BCUT2D eigenvalue weighted by molar-refractivity contribution is 7.89. The number of benzene rings is 2. The van der Waals surface area contributed by atoms with Crippen LogP contribution in [0.15, 0.2) is 41.3 Å². The standard InChI is InChI=1S/C18H20Cl2N2O5S/c1-11(2)22-28(24,25)13-5-7-16(14(20)9-13)27-10-18(23)21-15-8-12(19)4-6-17(15)26-3/h4-9,11,22H,10H2,1-3H3,(H,21,23). The number of rotatable bonds is 8. The van der Waals surface area contributed by atoms with E-state index in [1.807, 2.05) is 0 Å². The second-order valence-corrected chi connectivity index (χ2v) is 8.61. The summed E-state index contributed by atoms with van der Waals surface area (Å²) in [5, 5.41) is 3.13. The number of sulfonamides is 1. The second kappa shape index (κ2) is 9.47. The van der Waals surface area contributed by atoms with Crippen LogP contribution in [0.1, 0.15) is 13.8 Å². The van der Waals surface area contributed by atoms with E-state index in [9.17, 15) is 13.2 Å². The van der Waals surface area contributed by atoms with Gasteiger partial charge in [0.25, 0.3) is 5.91 Å². The summed E-state index contributed by atoms with van der Waals surface area (Å²) in [7, 11) is -2.21. The van der Waals surface area contributed by atoms with Crippen LogP contribution in [0.25, 0.3) is 0 Å². The Morgan fingerprint density at radius 2 is 1.79 bits per heavy atom. The summed E-state index contributed by atoms with van der Waals surface area (Å²) in [5.74, 6) is 0.163. The molecular formula is C18H20Cl2N2O5S. The molecule has 0 aromatic heterocycles. The first-order valence-corrected chi connectivity index (χ1v) is 10.4. The minimum atomic E-state index is -3.68. The van der Waals surface area contributed by atoms with Gasteiger partial charge in [-0.3, -0.25) is 4.79 Å². The molecule has 0 bridgehead atoms. The summed E-state index contributed by atoms with van der Waals surface area (Å²) >= 11 is 12.0. The van der Waals surface area contributed by atoms with Crippen molar-refractivity contribution in [3.05, 3.63) is 46.4 Å². The maximum Gasteiger partial charge on any atom is 0.262 e. The Balaban J connectivity index is 2.05. The third-order valence-electron chi connectivity index (χ3n) is 3.40. The molecule has 0 fully saturated rings. The SMILES string of the molecule is COc1ccc(Cl)cc1NC(=O)COc1ccc(S(=O)(=O)NC(C)C)cc1Cl. The lowest BCUT2D eigenvalue weighted by molar-refractivity contribution is -0.118. The molecule has 0 saturated heterocycles. The van der Waals surface area contributed by atoms with E-state index in [4.69, 9.17) is 32.7 Å². The van der Waals surface area contributed by atoms with Gasteiger partial charge in [0.2, 0.25) is 10.0 Å². The molecule has 0 atom stereocenters. The fourth-order valence-corrected chi connectivity index (χ4v) is 4.00. The van der Waals surface area contributed by atoms with Crippen LogP contribution in [0.2, 0.25) is 10.0 Å². The van der Waals surface area contributed by atoms with Crippen molar-refractivity contribution in [3.8, 4) is 11.5 Å². The summed E-state index contributed by atoms with van der Waals surface area (Å²) in [6.45, 7) is 3.08. The van der Waals surface area contributed by atoms with Crippen LogP contribution < -0.4 is 19.5 Å². The molecule has 0 aliphatic carbocycles. The lowest BCUT2D eigenvalue weighted by Crippen LogP contribution is -2.30. The molecule has 2 rings (SSSR count). The van der Waals surface area contributed by atoms with E-state index < -0.39 is 15.9 Å². The van der Waals surface area contributed by atoms with E-state index in [1.54, 1.807) is 32.0 Å². The topological polar surface area (TPSA) is 93.7 Å². The monoisotopic (exact) mass is 446 g/mol. The molecule has 2 N–H and O–H groups in total. The zero-order valence-corrected chi connectivity index (χ0v) is 17.8. The van der Waals surface area contributed by atoms with Gasteiger partial charge in [-0.15, -0.1) is 0 Å². The summed E-state index contributed by atoms with van der Waals surface area (Å²) in [5.41, 5.74) is 0.399. The molecule has 2 aromatic rings. The maximum absolute atomic E-state index is 12.2. The molecule has 10 heteroatoms. The van der Waals surface area contributed by atoms with E-state index in [0.717, 1.165) is 0 Å². The molecule has 28 heavy (non-hydrogen) atoms. The molecule has 2 aromatic carbocycles. The van der Waals surface area contributed by atoms with Crippen molar-refractivity contribution in [2.75, 3.05) is 19.0 Å². The van der Waals surface area contributed by atoms with Crippen LogP contribution in [0.3, 0.4) is 0 Å². The lowest BCUT2D eigenvalue weighted by Gasteiger charge is -2.13. The number of ether oxygens (including phenoxy) is 2. The summed E-state index contributed by atoms with van der Waals surface area (Å²) in [6.07, 6.45) is 0. The summed E-state index contributed by atoms with van der Waals surface area (Å²) in [4.78, 5) is 12.1. The molecule has 0 spiro atoms. The van der Waals surface area contributed by atoms with Gasteiger partial charge in [0.15, 0.2) is 6.61 Å². The number of nitrogens with one attached hydrogen (secondary N) is 2. The zero-order chi connectivity index (χ0) is 20.9. The van der Waals surface area contributed by atoms with E-state index in [2.05, 4.69) is 10.0 Å². The first-order valence-electron chi connectivity index (χ1n) is 8.20. The highest BCUT2D eigenvalue weighted by atomic mass is 35.5. The number of carbonyl (C=O) groups is 1. The quantitative estimate of drug-likeness (QED) is 0.644. The van der Waals surface area contributed by atoms with E-state index in [-0.39, 0.29) is 28.3 Å². The third-order valence-corrected chi connectivity index (χ3v) is 5.59. The van der Waals surface area contributed by atoms with Crippen molar-refractivity contribution in [2.24, 2.45) is 0 Å². The van der Waals surface area contributed by atoms with Gasteiger partial charge in [-0.05, 0) is 50.2 Å². The molecule has 152 valence electrons. The molecule has 0 heterocycles. The van der Waals surface area contributed by atoms with E-state index >= 15 is 0 Å². The van der Waals surface area contributed by atoms with Crippen molar-refractivity contribution < 1.29 is 22.7 Å². The van der Waals surface area contributed by atoms with Crippen molar-refractivity contribution in [1.82, 2.24) is 4.72 Å². The Labute approximate surface area is 174 Å². The zero-order valence-electron chi connectivity index (χ0n) is 15.5. The maximum atomic E-state index is 12.2. The van der Waals surface area contributed by atoms with Gasteiger partial charge < -0.3 is 14.8 Å². The van der Waals surface area contributed by atoms with Crippen LogP contribution in [0.5, 0.6) is 11.5 Å². The largest absolute Gasteiger partial charge is 0.495 e. The van der Waals surface area contributed by atoms with Crippen molar-refractivity contribution in [2.45, 2.75) is 24.8 Å². The van der Waals surface area contributed by atoms with Crippen LogP contribution in [0, 0.1) is 0 Å². The highest BCUT2D eigenvalue weighted by Crippen LogP contribution is 2.29. The molecular weight excluding hydrogens is 427 g/mol. The normalized spacial score (nSPS) is 11.4. The molecule has 0 unspecified atom stereocenters. The predicted molar refractivity (Wildman–Crippen MR) is 109 cm³/mol. The first kappa shape index (κ1) is 22.3. The molecule has 7 nitrogen and oxygen atoms in total. The highest BCUT2D eigenvalue weighted by Gasteiger charge is 2.17. The number of hydrogen-bond donors (Lipinski definition) is 2. The Morgan fingerprint density at radius 1 is 1.11 bits per heavy atom. The number of halogens is 2. The Bertz CT molecular complexity index is 964. The summed E-state index contributed by atoms with van der Waals surface area (Å²) < 4.78 is 37.3. The minimum Gasteiger partial charge on any atom is -0.495 e. The molecule has 0 saturated carbocycles. The van der Waals surface area contributed by atoms with Gasteiger partial charge in [-0.2, -0.15) is 0 Å². The van der Waals surface area contributed by atoms with Crippen LogP contribution in [0.4, 0.5) is 5.69 Å². The summed E-state index contributed by atoms with van der Waals surface area (Å²) in [6, 6.07) is 8.56. The van der Waals surface area contributed by atoms with Crippen LogP contribution in [-0.4, -0.2) is 34.1 Å². The molecule has 0 radical (unpaired) electrons. The van der Waals surface area contributed by atoms with Crippen molar-refractivity contribution >= 4 is 44.8 Å². The average molecular weight is 447 g/mol. The smallest absolute Gasteiger partial charge is 0.262 e. The molecule has 0 aliphatic rings. The molecule has 0 aliphatic heterocycles. The Kier molecular flexibility index (Phi) is 7.54. The third kappa shape index (κ3) is 6.00. The number of anilines is 1. The van der Waals surface area contributed by atoms with Crippen LogP contribution >= 0.6 is 23.2 Å². The van der Waals surface area contributed by atoms with E-state index in [1.165, 1.54) is 25.3 Å². The minimum absolute atomic E-state index is 0.00617. The second-order valence-electron chi connectivity index (χ2n) is 6.05. The van der Waals surface area contributed by atoms with Gasteiger partial charge in [0.1, 0.15) is 11.5 Å². The lowest BCUT2D eigenvalue weighted by atomic mass is 10.3. The average Bonchev–Trinajstić information content (AvgIpc) is 2.59. The van der Waals surface area contributed by atoms with Gasteiger partial charge in [-0.25, -0.2) is 13.1 Å². The number of carbonyl (C=O) groups excluding carboxylic acids is 1. The van der Waals surface area contributed by atoms with Gasteiger partial charge in [-0.1, -0.05) is 23.2 Å². The number of hydrogen-bond acceptors (Lipinski definition) is 5. The number of amides is 1. The van der Waals surface area contributed by atoms with Gasteiger partial charge in [0, 0.05) is 11.1 Å². The first-order chi connectivity index (χ1) is 13.1. The van der Waals surface area contributed by atoms with Gasteiger partial charge >= 0.3 is 0 Å². The predicted octanol–water partition coefficient (Wildman–Crippen LogP) is 3.71. The fourth-order valence-electron chi connectivity index (χ4n) is 2.25. The van der Waals surface area contributed by atoms with E-state index in [0.29, 0.717) is 16.5 Å². The van der Waals surface area contributed by atoms with Crippen molar-refractivity contribution in [1.29, 1.82) is 0 Å². The number of methoxy groups -OCH3 is 1. The fraction of sp³-hybridized carbons (Fsp3) is 0.278. The van der Waals surface area contributed by atoms with Crippen LogP contribution in [-0.2, 0) is 14.8 Å². The van der Waals surface area contributed by atoms with Crippen molar-refractivity contribution in [3.63, 3.8) is 0 Å². The Morgan fingerprint density at radius 3 is 2.39 bits per heavy atom. The van der Waals surface area contributed by atoms with Gasteiger partial charge in [0.05, 0.1) is 22.7 Å².